The second kappa shape index (κ2) is 9.25. The van der Waals surface area contributed by atoms with Crippen LogP contribution in [0.1, 0.15) is 28.9 Å². The number of hydrogen-bond donors (Lipinski definition) is 3. The average Bonchev–Trinajstić information content (AvgIpc) is 3.23. The van der Waals surface area contributed by atoms with E-state index in [1.54, 1.807) is 41.1 Å². The van der Waals surface area contributed by atoms with Gasteiger partial charge in [-0.1, -0.05) is 23.7 Å². The first-order chi connectivity index (χ1) is 15.9. The van der Waals surface area contributed by atoms with Gasteiger partial charge in [-0.25, -0.2) is 9.48 Å². The van der Waals surface area contributed by atoms with Crippen LogP contribution in [0.4, 0.5) is 11.5 Å². The zero-order valence-corrected chi connectivity index (χ0v) is 18.6. The van der Waals surface area contributed by atoms with Crippen LogP contribution in [0, 0.1) is 0 Å². The van der Waals surface area contributed by atoms with Gasteiger partial charge in [0.05, 0.1) is 31.0 Å². The molecule has 1 aromatic heterocycles. The number of carbonyl (C=O) groups excluding carboxylic acids is 1. The van der Waals surface area contributed by atoms with Gasteiger partial charge in [-0.3, -0.25) is 4.79 Å². The Labute approximate surface area is 194 Å². The van der Waals surface area contributed by atoms with Gasteiger partial charge in [0.25, 0.3) is 5.91 Å². The van der Waals surface area contributed by atoms with Crippen molar-refractivity contribution in [2.45, 2.75) is 13.0 Å². The van der Waals surface area contributed by atoms with Gasteiger partial charge in [-0.15, -0.1) is 0 Å². The minimum atomic E-state index is -1.15. The van der Waals surface area contributed by atoms with Gasteiger partial charge in [0.2, 0.25) is 0 Å². The molecule has 0 fully saturated rings. The summed E-state index contributed by atoms with van der Waals surface area (Å²) in [4.78, 5) is 24.8. The molecule has 1 aliphatic rings. The topological polar surface area (TPSA) is 115 Å². The van der Waals surface area contributed by atoms with Gasteiger partial charge < -0.3 is 25.2 Å². The summed E-state index contributed by atoms with van der Waals surface area (Å²) in [6.45, 7) is 2.43. The molecule has 1 aliphatic heterocycles. The Balaban J connectivity index is 1.66. The summed E-state index contributed by atoms with van der Waals surface area (Å²) in [6.07, 6.45) is 2.94. The minimum Gasteiger partial charge on any atom is -0.495 e. The quantitative estimate of drug-likeness (QED) is 0.476. The number of fused-ring (bicyclic) bond motifs is 1. The lowest BCUT2D eigenvalue weighted by Crippen LogP contribution is -2.25. The standard InChI is InChI=1S/C23H21ClN4O5/c1-3-33-15-7-4-13(5-8-15)19-11-18(23(30)31)27-21-16(12-25-28(19)21)22(29)26-14-6-9-20(32-2)17(24)10-14/h4-12,19,27H,3H2,1-2H3,(H,26,29)(H,30,31). The first-order valence-corrected chi connectivity index (χ1v) is 10.5. The number of allylic oxidation sites excluding steroid dienone is 1. The zero-order valence-electron chi connectivity index (χ0n) is 17.8. The van der Waals surface area contributed by atoms with E-state index in [4.69, 9.17) is 21.1 Å². The zero-order chi connectivity index (χ0) is 23.5. The summed E-state index contributed by atoms with van der Waals surface area (Å²) in [5, 5.41) is 19.9. The van der Waals surface area contributed by atoms with Crippen molar-refractivity contribution in [3.63, 3.8) is 0 Å². The number of carboxylic acid groups (broad SMARTS) is 1. The van der Waals surface area contributed by atoms with E-state index in [0.29, 0.717) is 28.8 Å². The maximum Gasteiger partial charge on any atom is 0.352 e. The Bertz CT molecular complexity index is 1240. The summed E-state index contributed by atoms with van der Waals surface area (Å²) < 4.78 is 12.2. The molecule has 1 atom stereocenters. The molecule has 2 heterocycles. The van der Waals surface area contributed by atoms with Crippen molar-refractivity contribution in [1.29, 1.82) is 0 Å². The summed E-state index contributed by atoms with van der Waals surface area (Å²) in [5.41, 5.74) is 1.38. The third-order valence-electron chi connectivity index (χ3n) is 5.05. The van der Waals surface area contributed by atoms with Crippen molar-refractivity contribution >= 4 is 35.0 Å². The number of aliphatic carboxylic acids is 1. The highest BCUT2D eigenvalue weighted by Crippen LogP contribution is 2.33. The molecule has 0 bridgehead atoms. The normalized spacial score (nSPS) is 14.5. The van der Waals surface area contributed by atoms with E-state index < -0.39 is 17.9 Å². The number of rotatable bonds is 7. The van der Waals surface area contributed by atoms with E-state index in [9.17, 15) is 14.7 Å². The van der Waals surface area contributed by atoms with Crippen molar-refractivity contribution in [2.75, 3.05) is 24.4 Å². The molecule has 3 aromatic rings. The summed E-state index contributed by atoms with van der Waals surface area (Å²) >= 11 is 6.14. The molecule has 33 heavy (non-hydrogen) atoms. The highest BCUT2D eigenvalue weighted by atomic mass is 35.5. The van der Waals surface area contributed by atoms with E-state index in [2.05, 4.69) is 15.7 Å². The third-order valence-corrected chi connectivity index (χ3v) is 5.35. The van der Waals surface area contributed by atoms with Gasteiger partial charge in [0, 0.05) is 5.69 Å². The Kier molecular flexibility index (Phi) is 6.23. The van der Waals surface area contributed by atoms with Crippen LogP contribution >= 0.6 is 11.6 Å². The van der Waals surface area contributed by atoms with Crippen molar-refractivity contribution in [2.24, 2.45) is 0 Å². The van der Waals surface area contributed by atoms with Crippen molar-refractivity contribution in [1.82, 2.24) is 9.78 Å². The Morgan fingerprint density at radius 1 is 1.24 bits per heavy atom. The number of nitrogens with zero attached hydrogens (tertiary/aromatic N) is 2. The fourth-order valence-electron chi connectivity index (χ4n) is 3.49. The molecule has 1 unspecified atom stereocenters. The minimum absolute atomic E-state index is 0.0524. The molecule has 0 spiro atoms. The van der Waals surface area contributed by atoms with Crippen molar-refractivity contribution in [3.8, 4) is 11.5 Å². The largest absolute Gasteiger partial charge is 0.495 e. The smallest absolute Gasteiger partial charge is 0.352 e. The number of ether oxygens (including phenoxy) is 2. The second-order valence-corrected chi connectivity index (χ2v) is 7.52. The number of halogens is 1. The van der Waals surface area contributed by atoms with E-state index in [1.165, 1.54) is 13.3 Å². The highest BCUT2D eigenvalue weighted by Gasteiger charge is 2.29. The lowest BCUT2D eigenvalue weighted by molar-refractivity contribution is -0.132. The summed E-state index contributed by atoms with van der Waals surface area (Å²) in [7, 11) is 1.50. The molecule has 0 saturated carbocycles. The molecule has 170 valence electrons. The highest BCUT2D eigenvalue weighted by molar-refractivity contribution is 6.32. The SMILES string of the molecule is CCOc1ccc(C2C=C(C(=O)O)Nc3c(C(=O)Nc4ccc(OC)c(Cl)c4)cnn32)cc1. The number of anilines is 2. The predicted octanol–water partition coefficient (Wildman–Crippen LogP) is 4.18. The van der Waals surface area contributed by atoms with E-state index in [0.717, 1.165) is 5.56 Å². The van der Waals surface area contributed by atoms with Crippen LogP contribution in [0.25, 0.3) is 0 Å². The maximum absolute atomic E-state index is 13.0. The molecule has 0 saturated heterocycles. The van der Waals surface area contributed by atoms with Crippen LogP contribution < -0.4 is 20.1 Å². The number of carbonyl (C=O) groups is 2. The first-order valence-electron chi connectivity index (χ1n) is 10.1. The van der Waals surface area contributed by atoms with Crippen molar-refractivity contribution < 1.29 is 24.2 Å². The van der Waals surface area contributed by atoms with Crippen LogP contribution in [-0.4, -0.2) is 40.5 Å². The van der Waals surface area contributed by atoms with Crippen LogP contribution in [0.2, 0.25) is 5.02 Å². The molecule has 1 amide bonds. The molecule has 0 radical (unpaired) electrons. The number of amides is 1. The molecular weight excluding hydrogens is 448 g/mol. The number of carboxylic acids is 1. The number of hydrogen-bond acceptors (Lipinski definition) is 6. The molecule has 4 rings (SSSR count). The fraction of sp³-hybridized carbons (Fsp3) is 0.174. The van der Waals surface area contributed by atoms with Crippen LogP contribution in [0.3, 0.4) is 0 Å². The summed E-state index contributed by atoms with van der Waals surface area (Å²) in [6, 6.07) is 11.6. The predicted molar refractivity (Wildman–Crippen MR) is 123 cm³/mol. The molecule has 9 nitrogen and oxygen atoms in total. The number of methoxy groups -OCH3 is 1. The maximum atomic E-state index is 13.0. The lowest BCUT2D eigenvalue weighted by Gasteiger charge is -2.24. The van der Waals surface area contributed by atoms with Crippen LogP contribution in [0.15, 0.2) is 60.4 Å². The summed E-state index contributed by atoms with van der Waals surface area (Å²) in [5.74, 6) is -0.162. The molecule has 3 N–H and O–H groups in total. The molecular formula is C23H21ClN4O5. The van der Waals surface area contributed by atoms with E-state index >= 15 is 0 Å². The second-order valence-electron chi connectivity index (χ2n) is 7.11. The Hall–Kier alpha value is -3.98. The number of nitrogens with one attached hydrogen (secondary N) is 2. The Morgan fingerprint density at radius 3 is 2.64 bits per heavy atom. The van der Waals surface area contributed by atoms with Crippen LogP contribution in [0.5, 0.6) is 11.5 Å². The average molecular weight is 469 g/mol. The molecule has 2 aromatic carbocycles. The number of aromatic nitrogens is 2. The molecule has 10 heteroatoms. The monoisotopic (exact) mass is 468 g/mol. The van der Waals surface area contributed by atoms with Gasteiger partial charge in [0.15, 0.2) is 0 Å². The number of benzene rings is 2. The lowest BCUT2D eigenvalue weighted by atomic mass is 10.0. The third kappa shape index (κ3) is 4.49. The first kappa shape index (κ1) is 22.2. The van der Waals surface area contributed by atoms with Crippen molar-refractivity contribution in [3.05, 3.63) is 76.6 Å². The fourth-order valence-corrected chi connectivity index (χ4v) is 3.75. The van der Waals surface area contributed by atoms with E-state index in [-0.39, 0.29) is 17.1 Å². The van der Waals surface area contributed by atoms with Gasteiger partial charge in [-0.2, -0.15) is 5.10 Å². The van der Waals surface area contributed by atoms with Gasteiger partial charge >= 0.3 is 5.97 Å². The van der Waals surface area contributed by atoms with Crippen LogP contribution in [-0.2, 0) is 4.79 Å². The van der Waals surface area contributed by atoms with Gasteiger partial charge in [0.1, 0.15) is 28.6 Å². The van der Waals surface area contributed by atoms with Gasteiger partial charge in [-0.05, 0) is 48.9 Å². The molecule has 0 aliphatic carbocycles. The Morgan fingerprint density at radius 2 is 2.00 bits per heavy atom. The van der Waals surface area contributed by atoms with E-state index in [1.807, 2.05) is 19.1 Å².